The highest BCUT2D eigenvalue weighted by molar-refractivity contribution is 5.99. The summed E-state index contributed by atoms with van der Waals surface area (Å²) >= 11 is 0. The molecule has 3 aromatic rings. The molecule has 2 aromatic heterocycles. The highest BCUT2D eigenvalue weighted by Gasteiger charge is 2.23. The summed E-state index contributed by atoms with van der Waals surface area (Å²) in [6.07, 6.45) is 4.45. The van der Waals surface area contributed by atoms with Crippen LogP contribution in [0.4, 0.5) is 5.95 Å². The van der Waals surface area contributed by atoms with Gasteiger partial charge in [-0.15, -0.1) is 0 Å². The van der Waals surface area contributed by atoms with Crippen molar-refractivity contribution < 1.29 is 9.53 Å². The lowest BCUT2D eigenvalue weighted by atomic mass is 10.1. The van der Waals surface area contributed by atoms with Crippen LogP contribution in [0, 0.1) is 13.8 Å². The second kappa shape index (κ2) is 9.96. The normalized spacial score (nSPS) is 14.5. The van der Waals surface area contributed by atoms with Crippen molar-refractivity contribution in [2.75, 3.05) is 44.7 Å². The first kappa shape index (κ1) is 22.0. The molecule has 32 heavy (non-hydrogen) atoms. The number of carbonyl (C=O) groups is 1. The van der Waals surface area contributed by atoms with E-state index in [-0.39, 0.29) is 5.78 Å². The molecule has 4 rings (SSSR count). The van der Waals surface area contributed by atoms with E-state index in [1.807, 2.05) is 24.3 Å². The Bertz CT molecular complexity index is 1040. The first-order valence-corrected chi connectivity index (χ1v) is 11.1. The lowest BCUT2D eigenvalue weighted by Crippen LogP contribution is -2.48. The lowest BCUT2D eigenvalue weighted by Gasteiger charge is -2.34. The Labute approximate surface area is 189 Å². The van der Waals surface area contributed by atoms with Gasteiger partial charge in [0.2, 0.25) is 5.95 Å². The number of nitrogens with zero attached hydrogens (tertiary/aromatic N) is 5. The number of carbonyl (C=O) groups excluding carboxylic acids is 1. The molecular weight excluding hydrogens is 402 g/mol. The smallest absolute Gasteiger partial charge is 0.225 e. The third kappa shape index (κ3) is 4.99. The van der Waals surface area contributed by atoms with Crippen molar-refractivity contribution in [2.24, 2.45) is 0 Å². The number of Topliss-reactive ketones (excluding diaryl/α,β-unsaturated/α-hetero) is 1. The summed E-state index contributed by atoms with van der Waals surface area (Å²) < 4.78 is 7.49. The maximum absolute atomic E-state index is 13.1. The molecule has 1 saturated heterocycles. The fourth-order valence-corrected chi connectivity index (χ4v) is 4.31. The van der Waals surface area contributed by atoms with Gasteiger partial charge in [-0.2, -0.15) is 0 Å². The zero-order valence-electron chi connectivity index (χ0n) is 19.1. The first-order valence-electron chi connectivity index (χ1n) is 11.1. The average molecular weight is 434 g/mol. The number of aryl methyl sites for hydroxylation is 2. The third-order valence-corrected chi connectivity index (χ3v) is 6.23. The summed E-state index contributed by atoms with van der Waals surface area (Å²) in [7, 11) is 1.68. The number of rotatable bonds is 8. The predicted molar refractivity (Wildman–Crippen MR) is 126 cm³/mol. The Hall–Kier alpha value is -3.19. The van der Waals surface area contributed by atoms with Crippen molar-refractivity contribution in [3.05, 3.63) is 71.3 Å². The van der Waals surface area contributed by atoms with E-state index < -0.39 is 0 Å². The number of benzene rings is 1. The van der Waals surface area contributed by atoms with Crippen LogP contribution in [-0.4, -0.2) is 65.1 Å². The maximum Gasteiger partial charge on any atom is 0.225 e. The summed E-state index contributed by atoms with van der Waals surface area (Å²) in [5, 5.41) is 0. The van der Waals surface area contributed by atoms with E-state index in [1.165, 1.54) is 5.56 Å². The van der Waals surface area contributed by atoms with Crippen molar-refractivity contribution in [3.8, 4) is 5.75 Å². The molecule has 0 saturated carbocycles. The van der Waals surface area contributed by atoms with Crippen molar-refractivity contribution in [1.29, 1.82) is 0 Å². The summed E-state index contributed by atoms with van der Waals surface area (Å²) in [5.74, 6) is 1.82. The number of piperazine rings is 1. The predicted octanol–water partition coefficient (Wildman–Crippen LogP) is 3.15. The number of aromatic nitrogens is 3. The molecule has 1 aromatic carbocycles. The molecule has 0 aliphatic carbocycles. The quantitative estimate of drug-likeness (QED) is 0.509. The molecule has 0 spiro atoms. The van der Waals surface area contributed by atoms with Crippen molar-refractivity contribution in [2.45, 2.75) is 26.8 Å². The second-order valence-corrected chi connectivity index (χ2v) is 8.27. The van der Waals surface area contributed by atoms with Gasteiger partial charge in [0.1, 0.15) is 5.75 Å². The molecule has 7 heteroatoms. The van der Waals surface area contributed by atoms with Crippen molar-refractivity contribution in [1.82, 2.24) is 19.4 Å². The van der Waals surface area contributed by atoms with Crippen LogP contribution >= 0.6 is 0 Å². The van der Waals surface area contributed by atoms with E-state index in [1.54, 1.807) is 19.5 Å². The van der Waals surface area contributed by atoms with Crippen LogP contribution in [0.3, 0.4) is 0 Å². The highest BCUT2D eigenvalue weighted by atomic mass is 16.5. The van der Waals surface area contributed by atoms with Gasteiger partial charge >= 0.3 is 0 Å². The minimum atomic E-state index is 0.193. The molecule has 0 unspecified atom stereocenters. The standard InChI is InChI=1S/C25H31N5O2/c1-19-17-23(20(2)30(19)12-9-21-5-7-22(32-3)8-6-21)24(31)18-28-13-15-29(16-14-28)25-26-10-4-11-27-25/h4-8,10-11,17H,9,12-16,18H2,1-3H3. The third-order valence-electron chi connectivity index (χ3n) is 6.23. The number of anilines is 1. The van der Waals surface area contributed by atoms with Crippen LogP contribution in [0.25, 0.3) is 0 Å². The molecule has 1 aliphatic rings. The molecular formula is C25H31N5O2. The highest BCUT2D eigenvalue weighted by Crippen LogP contribution is 2.19. The van der Waals surface area contributed by atoms with Gasteiger partial charge in [0.05, 0.1) is 13.7 Å². The monoisotopic (exact) mass is 433 g/mol. The Morgan fingerprint density at radius 3 is 2.38 bits per heavy atom. The van der Waals surface area contributed by atoms with Crippen LogP contribution in [-0.2, 0) is 13.0 Å². The second-order valence-electron chi connectivity index (χ2n) is 8.27. The Morgan fingerprint density at radius 2 is 1.72 bits per heavy atom. The molecule has 0 bridgehead atoms. The molecule has 1 fully saturated rings. The van der Waals surface area contributed by atoms with E-state index in [4.69, 9.17) is 4.74 Å². The van der Waals surface area contributed by atoms with Gasteiger partial charge in [-0.1, -0.05) is 12.1 Å². The number of ketones is 1. The molecule has 0 radical (unpaired) electrons. The van der Waals surface area contributed by atoms with Crippen molar-refractivity contribution in [3.63, 3.8) is 0 Å². The topological polar surface area (TPSA) is 63.5 Å². The van der Waals surface area contributed by atoms with Gasteiger partial charge in [-0.25, -0.2) is 9.97 Å². The van der Waals surface area contributed by atoms with Gasteiger partial charge in [0.15, 0.2) is 5.78 Å². The van der Waals surface area contributed by atoms with Crippen LogP contribution in [0.15, 0.2) is 48.8 Å². The van der Waals surface area contributed by atoms with E-state index in [2.05, 4.69) is 50.3 Å². The summed E-state index contributed by atoms with van der Waals surface area (Å²) in [4.78, 5) is 26.1. The first-order chi connectivity index (χ1) is 15.5. The van der Waals surface area contributed by atoms with Gasteiger partial charge < -0.3 is 14.2 Å². The van der Waals surface area contributed by atoms with E-state index >= 15 is 0 Å². The lowest BCUT2D eigenvalue weighted by molar-refractivity contribution is 0.0925. The summed E-state index contributed by atoms with van der Waals surface area (Å²) in [6.45, 7) is 8.77. The fourth-order valence-electron chi connectivity index (χ4n) is 4.31. The fraction of sp³-hybridized carbons (Fsp3) is 0.400. The molecule has 7 nitrogen and oxygen atoms in total. The van der Waals surface area contributed by atoms with E-state index in [0.717, 1.165) is 67.8 Å². The molecule has 1 aliphatic heterocycles. The van der Waals surface area contributed by atoms with Crippen molar-refractivity contribution >= 4 is 11.7 Å². The Balaban J connectivity index is 1.34. The number of ether oxygens (including phenoxy) is 1. The molecule has 3 heterocycles. The van der Waals surface area contributed by atoms with Gasteiger partial charge in [-0.05, 0) is 50.1 Å². The minimum Gasteiger partial charge on any atom is -0.497 e. The van der Waals surface area contributed by atoms with Crippen LogP contribution in [0.1, 0.15) is 27.3 Å². The Morgan fingerprint density at radius 1 is 1.03 bits per heavy atom. The molecule has 0 N–H and O–H groups in total. The van der Waals surface area contributed by atoms with Crippen LogP contribution in [0.2, 0.25) is 0 Å². The van der Waals surface area contributed by atoms with Gasteiger partial charge in [-0.3, -0.25) is 9.69 Å². The summed E-state index contributed by atoms with van der Waals surface area (Å²) in [5.41, 5.74) is 4.28. The molecule has 0 atom stereocenters. The molecule has 168 valence electrons. The SMILES string of the molecule is COc1ccc(CCn2c(C)cc(C(=O)CN3CCN(c4ncccn4)CC3)c2C)cc1. The average Bonchev–Trinajstić information content (AvgIpc) is 3.12. The number of hydrogen-bond donors (Lipinski definition) is 0. The zero-order chi connectivity index (χ0) is 22.5. The number of methoxy groups -OCH3 is 1. The minimum absolute atomic E-state index is 0.193. The molecule has 0 amide bonds. The largest absolute Gasteiger partial charge is 0.497 e. The van der Waals surface area contributed by atoms with E-state index in [9.17, 15) is 4.79 Å². The van der Waals surface area contributed by atoms with Crippen LogP contribution in [0.5, 0.6) is 5.75 Å². The maximum atomic E-state index is 13.1. The zero-order valence-corrected chi connectivity index (χ0v) is 19.1. The van der Waals surface area contributed by atoms with E-state index in [0.29, 0.717) is 6.54 Å². The van der Waals surface area contributed by atoms with Gasteiger partial charge in [0, 0.05) is 62.1 Å². The Kier molecular flexibility index (Phi) is 6.85. The summed E-state index contributed by atoms with van der Waals surface area (Å²) in [6, 6.07) is 12.0. The van der Waals surface area contributed by atoms with Crippen LogP contribution < -0.4 is 9.64 Å². The number of hydrogen-bond acceptors (Lipinski definition) is 6. The van der Waals surface area contributed by atoms with Gasteiger partial charge in [0.25, 0.3) is 0 Å².